The van der Waals surface area contributed by atoms with Crippen LogP contribution in [-0.4, -0.2) is 72.5 Å². The number of amides is 5. The minimum atomic E-state index is -1.80. The predicted molar refractivity (Wildman–Crippen MR) is 151 cm³/mol. The SMILES string of the molecule is C=C(C)C(=O)NC(C)C.C=CC(=O)NCCNC(=O)c1ccc(B(O)O)cc1F.C=CC(=O)NCNC(=O)C=C. The molecule has 0 spiro atoms. The van der Waals surface area contributed by atoms with E-state index in [0.29, 0.717) is 5.57 Å². The minimum absolute atomic E-state index is 0.0442. The summed E-state index contributed by atoms with van der Waals surface area (Å²) in [5.74, 6) is -2.60. The van der Waals surface area contributed by atoms with Crippen molar-refractivity contribution in [2.24, 2.45) is 0 Å². The summed E-state index contributed by atoms with van der Waals surface area (Å²) in [6, 6.07) is 3.47. The van der Waals surface area contributed by atoms with E-state index in [1.54, 1.807) is 6.92 Å². The van der Waals surface area contributed by atoms with Gasteiger partial charge in [-0.25, -0.2) is 4.39 Å². The maximum atomic E-state index is 13.6. The van der Waals surface area contributed by atoms with Gasteiger partial charge in [-0.15, -0.1) is 0 Å². The van der Waals surface area contributed by atoms with Gasteiger partial charge < -0.3 is 36.6 Å². The number of hydrogen-bond acceptors (Lipinski definition) is 7. The number of nitrogens with one attached hydrogen (secondary N) is 5. The van der Waals surface area contributed by atoms with Gasteiger partial charge >= 0.3 is 7.12 Å². The molecular weight excluding hydrogens is 524 g/mol. The van der Waals surface area contributed by atoms with Gasteiger partial charge in [0.1, 0.15) is 5.82 Å². The molecule has 0 radical (unpaired) electrons. The van der Waals surface area contributed by atoms with Crippen LogP contribution < -0.4 is 32.0 Å². The Morgan fingerprint density at radius 2 is 1.38 bits per heavy atom. The predicted octanol–water partition coefficient (Wildman–Crippen LogP) is -0.827. The first kappa shape index (κ1) is 37.6. The zero-order chi connectivity index (χ0) is 31.3. The minimum Gasteiger partial charge on any atom is -0.423 e. The molecule has 1 aromatic carbocycles. The van der Waals surface area contributed by atoms with Crippen LogP contribution in [0.5, 0.6) is 0 Å². The third kappa shape index (κ3) is 18.7. The van der Waals surface area contributed by atoms with Gasteiger partial charge in [-0.1, -0.05) is 32.4 Å². The lowest BCUT2D eigenvalue weighted by molar-refractivity contribution is -0.119. The van der Waals surface area contributed by atoms with Crippen molar-refractivity contribution in [3.63, 3.8) is 0 Å². The van der Waals surface area contributed by atoms with Crippen LogP contribution in [0.4, 0.5) is 4.39 Å². The summed E-state index contributed by atoms with van der Waals surface area (Å²) in [6.07, 6.45) is 3.35. The van der Waals surface area contributed by atoms with Crippen molar-refractivity contribution in [3.05, 3.63) is 79.7 Å². The van der Waals surface area contributed by atoms with E-state index in [1.807, 2.05) is 13.8 Å². The van der Waals surface area contributed by atoms with Gasteiger partial charge in [0, 0.05) is 24.7 Å². The van der Waals surface area contributed by atoms with Crippen molar-refractivity contribution in [3.8, 4) is 0 Å². The maximum Gasteiger partial charge on any atom is 0.488 e. The highest BCUT2D eigenvalue weighted by molar-refractivity contribution is 6.58. The lowest BCUT2D eigenvalue weighted by atomic mass is 9.80. The summed E-state index contributed by atoms with van der Waals surface area (Å²) in [7, 11) is -1.80. The van der Waals surface area contributed by atoms with Gasteiger partial charge in [-0.2, -0.15) is 0 Å². The molecule has 0 heterocycles. The van der Waals surface area contributed by atoms with E-state index in [4.69, 9.17) is 10.0 Å². The summed E-state index contributed by atoms with van der Waals surface area (Å²) in [5, 5.41) is 30.0. The van der Waals surface area contributed by atoms with Crippen molar-refractivity contribution in [1.29, 1.82) is 0 Å². The van der Waals surface area contributed by atoms with Crippen LogP contribution in [0.1, 0.15) is 31.1 Å². The average molecular weight is 561 g/mol. The number of benzene rings is 1. The average Bonchev–Trinajstić information content (AvgIpc) is 2.90. The Balaban J connectivity index is 0. The third-order valence-electron chi connectivity index (χ3n) is 4.13. The molecular formula is C26H37BFN5O7. The third-order valence-corrected chi connectivity index (χ3v) is 4.13. The van der Waals surface area contributed by atoms with Crippen LogP contribution in [-0.2, 0) is 19.2 Å². The van der Waals surface area contributed by atoms with Gasteiger partial charge in [0.2, 0.25) is 23.6 Å². The fourth-order valence-corrected chi connectivity index (χ4v) is 2.15. The highest BCUT2D eigenvalue weighted by Gasteiger charge is 2.16. The Morgan fingerprint density at radius 3 is 1.75 bits per heavy atom. The van der Waals surface area contributed by atoms with E-state index in [-0.39, 0.29) is 60.5 Å². The van der Waals surface area contributed by atoms with Crippen molar-refractivity contribution >= 4 is 42.1 Å². The molecule has 0 atom stereocenters. The molecule has 0 aromatic heterocycles. The normalized spacial score (nSPS) is 9.18. The van der Waals surface area contributed by atoms with Crippen molar-refractivity contribution in [1.82, 2.24) is 26.6 Å². The smallest absolute Gasteiger partial charge is 0.423 e. The summed E-state index contributed by atoms with van der Waals surface area (Å²) in [6.45, 7) is 19.2. The summed E-state index contributed by atoms with van der Waals surface area (Å²) in [4.78, 5) is 54.2. The van der Waals surface area contributed by atoms with E-state index in [2.05, 4.69) is 52.9 Å². The second kappa shape index (κ2) is 21.4. The molecule has 7 N–H and O–H groups in total. The van der Waals surface area contributed by atoms with E-state index in [1.165, 1.54) is 6.07 Å². The number of carbonyl (C=O) groups excluding carboxylic acids is 5. The standard InChI is InChI=1S/C12H14BFN2O4.C7H10N2O2.C7H13NO/c1-2-11(17)15-5-6-16-12(18)9-4-3-8(13(19)20)7-10(9)14;1-3-6(10)8-5-9-7(11)4-2;1-5(2)7(9)8-6(3)4/h2-4,7,19-20H,1,5-6H2,(H,15,17)(H,16,18);3-4H,1-2,5H2,(H,8,10)(H,9,11);6H,1H2,2-4H3,(H,8,9). The first-order valence-corrected chi connectivity index (χ1v) is 11.8. The fourth-order valence-electron chi connectivity index (χ4n) is 2.15. The Labute approximate surface area is 233 Å². The zero-order valence-electron chi connectivity index (χ0n) is 22.9. The second-order valence-electron chi connectivity index (χ2n) is 7.94. The monoisotopic (exact) mass is 561 g/mol. The summed E-state index contributed by atoms with van der Waals surface area (Å²) < 4.78 is 13.6. The molecule has 218 valence electrons. The lowest BCUT2D eigenvalue weighted by Gasteiger charge is -2.08. The Bertz CT molecular complexity index is 1060. The molecule has 0 saturated heterocycles. The number of halogens is 1. The molecule has 0 aliphatic rings. The molecule has 0 aliphatic carbocycles. The summed E-state index contributed by atoms with van der Waals surface area (Å²) in [5.41, 5.74) is 0.297. The molecule has 40 heavy (non-hydrogen) atoms. The second-order valence-corrected chi connectivity index (χ2v) is 7.94. The number of carbonyl (C=O) groups is 5. The van der Waals surface area contributed by atoms with Crippen molar-refractivity contribution < 1.29 is 38.4 Å². The molecule has 1 rings (SSSR count). The largest absolute Gasteiger partial charge is 0.488 e. The van der Waals surface area contributed by atoms with Gasteiger partial charge in [0.15, 0.2) is 0 Å². The Kier molecular flexibility index (Phi) is 20.1. The molecule has 12 nitrogen and oxygen atoms in total. The van der Waals surface area contributed by atoms with Crippen LogP contribution in [0, 0.1) is 5.82 Å². The van der Waals surface area contributed by atoms with Crippen LogP contribution in [0.3, 0.4) is 0 Å². The number of rotatable bonds is 12. The van der Waals surface area contributed by atoms with Crippen LogP contribution in [0.2, 0.25) is 0 Å². The Morgan fingerprint density at radius 1 is 0.900 bits per heavy atom. The van der Waals surface area contributed by atoms with Gasteiger partial charge in [-0.3, -0.25) is 24.0 Å². The summed E-state index contributed by atoms with van der Waals surface area (Å²) >= 11 is 0. The van der Waals surface area contributed by atoms with Gasteiger partial charge in [0.25, 0.3) is 5.91 Å². The molecule has 0 saturated carbocycles. The van der Waals surface area contributed by atoms with E-state index in [9.17, 15) is 28.4 Å². The lowest BCUT2D eigenvalue weighted by Crippen LogP contribution is -2.35. The first-order chi connectivity index (χ1) is 18.7. The van der Waals surface area contributed by atoms with Crippen LogP contribution in [0.25, 0.3) is 0 Å². The molecule has 0 fully saturated rings. The zero-order valence-corrected chi connectivity index (χ0v) is 22.9. The maximum absolute atomic E-state index is 13.6. The van der Waals surface area contributed by atoms with E-state index < -0.39 is 18.8 Å². The van der Waals surface area contributed by atoms with Gasteiger partial charge in [0.05, 0.1) is 12.2 Å². The topological polar surface area (TPSA) is 186 Å². The van der Waals surface area contributed by atoms with Crippen molar-refractivity contribution in [2.45, 2.75) is 26.8 Å². The van der Waals surface area contributed by atoms with E-state index >= 15 is 0 Å². The number of hydrogen-bond donors (Lipinski definition) is 7. The molecule has 0 bridgehead atoms. The molecule has 1 aromatic rings. The van der Waals surface area contributed by atoms with Crippen LogP contribution in [0.15, 0.2) is 68.3 Å². The highest BCUT2D eigenvalue weighted by Crippen LogP contribution is 2.05. The van der Waals surface area contributed by atoms with Crippen LogP contribution >= 0.6 is 0 Å². The quantitative estimate of drug-likeness (QED) is 0.0752. The fraction of sp³-hybridized carbons (Fsp3) is 0.269. The molecule has 5 amide bonds. The van der Waals surface area contributed by atoms with E-state index in [0.717, 1.165) is 30.4 Å². The molecule has 14 heteroatoms. The first-order valence-electron chi connectivity index (χ1n) is 11.8. The molecule has 0 aliphatic heterocycles. The Hall–Kier alpha value is -4.56. The molecule has 0 unspecified atom stereocenters. The van der Waals surface area contributed by atoms with Gasteiger partial charge in [-0.05, 0) is 56.6 Å². The van der Waals surface area contributed by atoms with Crippen molar-refractivity contribution in [2.75, 3.05) is 19.8 Å². The highest BCUT2D eigenvalue weighted by atomic mass is 19.1.